The number of nitrogen functional groups attached to an aromatic ring is 1. The Kier molecular flexibility index (Phi) is 2.02. The van der Waals surface area contributed by atoms with Gasteiger partial charge in [0.1, 0.15) is 5.69 Å². The highest BCUT2D eigenvalue weighted by Crippen LogP contribution is 2.26. The van der Waals surface area contributed by atoms with Crippen molar-refractivity contribution >= 4 is 21.7 Å². The van der Waals surface area contributed by atoms with Crippen molar-refractivity contribution in [1.29, 1.82) is 0 Å². The number of nitrogens with zero attached hydrogens (tertiary/aromatic N) is 2. The molecule has 0 bridgehead atoms. The Bertz CT molecular complexity index is 427. The summed E-state index contributed by atoms with van der Waals surface area (Å²) in [6.45, 7) is 0. The minimum absolute atomic E-state index is 0.354. The summed E-state index contributed by atoms with van der Waals surface area (Å²) in [5.74, 6) is 0.914. The summed E-state index contributed by atoms with van der Waals surface area (Å²) in [5.41, 5.74) is 6.12. The molecule has 2 aromatic rings. The third-order valence-electron chi connectivity index (χ3n) is 1.52. The van der Waals surface area contributed by atoms with Gasteiger partial charge in [0, 0.05) is 16.7 Å². The Balaban J connectivity index is 2.52. The lowest BCUT2D eigenvalue weighted by Gasteiger charge is -1.95. The van der Waals surface area contributed by atoms with Crippen LogP contribution >= 0.6 is 15.9 Å². The molecule has 66 valence electrons. The van der Waals surface area contributed by atoms with Gasteiger partial charge in [-0.25, -0.2) is 0 Å². The van der Waals surface area contributed by atoms with E-state index in [2.05, 4.69) is 26.1 Å². The second-order valence-corrected chi connectivity index (χ2v) is 3.30. The van der Waals surface area contributed by atoms with Crippen molar-refractivity contribution in [3.8, 4) is 11.5 Å². The Morgan fingerprint density at radius 2 is 2.31 bits per heavy atom. The third kappa shape index (κ3) is 1.55. The van der Waals surface area contributed by atoms with E-state index in [1.54, 1.807) is 12.3 Å². The number of rotatable bonds is 1. The summed E-state index contributed by atoms with van der Waals surface area (Å²) in [4.78, 5) is 4.13. The van der Waals surface area contributed by atoms with Gasteiger partial charge in [-0.05, 0) is 28.1 Å². The first-order valence-corrected chi connectivity index (χ1v) is 4.40. The topological polar surface area (TPSA) is 64.9 Å². The van der Waals surface area contributed by atoms with Gasteiger partial charge in [0.15, 0.2) is 11.6 Å². The number of nitrogens with two attached hydrogens (primary N) is 1. The van der Waals surface area contributed by atoms with Crippen molar-refractivity contribution in [2.75, 3.05) is 5.73 Å². The van der Waals surface area contributed by atoms with Crippen LogP contribution in [0.4, 0.5) is 5.82 Å². The van der Waals surface area contributed by atoms with E-state index in [0.717, 1.165) is 4.47 Å². The fourth-order valence-electron chi connectivity index (χ4n) is 0.967. The van der Waals surface area contributed by atoms with Gasteiger partial charge >= 0.3 is 0 Å². The van der Waals surface area contributed by atoms with E-state index >= 15 is 0 Å². The Labute approximate surface area is 82.9 Å². The molecular formula is C8H6BrN3O. The van der Waals surface area contributed by atoms with Crippen molar-refractivity contribution in [2.24, 2.45) is 0 Å². The van der Waals surface area contributed by atoms with Crippen LogP contribution in [0.25, 0.3) is 11.5 Å². The van der Waals surface area contributed by atoms with E-state index in [-0.39, 0.29) is 0 Å². The number of hydrogen-bond donors (Lipinski definition) is 1. The van der Waals surface area contributed by atoms with Gasteiger partial charge in [-0.15, -0.1) is 0 Å². The first-order valence-electron chi connectivity index (χ1n) is 3.60. The molecule has 0 aromatic carbocycles. The summed E-state index contributed by atoms with van der Waals surface area (Å²) in [7, 11) is 0. The average Bonchev–Trinajstić information content (AvgIpc) is 2.53. The van der Waals surface area contributed by atoms with Crippen LogP contribution in [0.5, 0.6) is 0 Å². The molecule has 0 saturated heterocycles. The number of hydrogen-bond acceptors (Lipinski definition) is 4. The monoisotopic (exact) mass is 239 g/mol. The highest BCUT2D eigenvalue weighted by Gasteiger charge is 2.08. The van der Waals surface area contributed by atoms with Gasteiger partial charge in [-0.1, -0.05) is 5.16 Å². The molecule has 0 radical (unpaired) electrons. The standard InChI is InChI=1S/C8H6BrN3O/c9-5-2-1-3-11-8(5)6-4-7(10)12-13-6/h1-4H,(H2,10,12). The van der Waals surface area contributed by atoms with E-state index in [4.69, 9.17) is 10.3 Å². The van der Waals surface area contributed by atoms with Crippen molar-refractivity contribution in [3.63, 3.8) is 0 Å². The molecule has 0 fully saturated rings. The van der Waals surface area contributed by atoms with E-state index < -0.39 is 0 Å². The van der Waals surface area contributed by atoms with Crippen molar-refractivity contribution < 1.29 is 4.52 Å². The van der Waals surface area contributed by atoms with E-state index in [1.807, 2.05) is 12.1 Å². The van der Waals surface area contributed by atoms with Crippen molar-refractivity contribution in [2.45, 2.75) is 0 Å². The molecule has 0 spiro atoms. The van der Waals surface area contributed by atoms with Crippen molar-refractivity contribution in [1.82, 2.24) is 10.1 Å². The van der Waals surface area contributed by atoms with E-state index in [0.29, 0.717) is 17.3 Å². The highest BCUT2D eigenvalue weighted by molar-refractivity contribution is 9.10. The minimum atomic E-state index is 0.354. The lowest BCUT2D eigenvalue weighted by Crippen LogP contribution is -1.82. The Morgan fingerprint density at radius 3 is 2.92 bits per heavy atom. The van der Waals surface area contributed by atoms with E-state index in [1.165, 1.54) is 0 Å². The number of aromatic nitrogens is 2. The maximum atomic E-state index is 5.42. The molecular weight excluding hydrogens is 234 g/mol. The van der Waals surface area contributed by atoms with Gasteiger partial charge in [0.25, 0.3) is 0 Å². The minimum Gasteiger partial charge on any atom is -0.381 e. The largest absolute Gasteiger partial charge is 0.381 e. The maximum Gasteiger partial charge on any atom is 0.188 e. The fourth-order valence-corrected chi connectivity index (χ4v) is 1.42. The molecule has 0 atom stereocenters. The molecule has 2 rings (SSSR count). The van der Waals surface area contributed by atoms with E-state index in [9.17, 15) is 0 Å². The van der Waals surface area contributed by atoms with Gasteiger partial charge in [-0.3, -0.25) is 4.98 Å². The molecule has 0 aliphatic rings. The Hall–Kier alpha value is -1.36. The van der Waals surface area contributed by atoms with Crippen LogP contribution in [-0.2, 0) is 0 Å². The molecule has 2 N–H and O–H groups in total. The molecule has 13 heavy (non-hydrogen) atoms. The smallest absolute Gasteiger partial charge is 0.188 e. The summed E-state index contributed by atoms with van der Waals surface area (Å²) in [6, 6.07) is 5.33. The quantitative estimate of drug-likeness (QED) is 0.828. The molecule has 2 aromatic heterocycles. The summed E-state index contributed by atoms with van der Waals surface area (Å²) < 4.78 is 5.82. The van der Waals surface area contributed by atoms with Gasteiger partial charge in [0.2, 0.25) is 0 Å². The van der Waals surface area contributed by atoms with Crippen LogP contribution in [0.1, 0.15) is 0 Å². The first kappa shape index (κ1) is 8.25. The SMILES string of the molecule is Nc1cc(-c2ncccc2Br)on1. The second-order valence-electron chi connectivity index (χ2n) is 2.45. The molecule has 0 saturated carbocycles. The highest BCUT2D eigenvalue weighted by atomic mass is 79.9. The molecule has 2 heterocycles. The predicted octanol–water partition coefficient (Wildman–Crippen LogP) is 2.08. The summed E-state index contributed by atoms with van der Waals surface area (Å²) in [6.07, 6.45) is 1.68. The number of halogens is 1. The fraction of sp³-hybridized carbons (Fsp3) is 0. The first-order chi connectivity index (χ1) is 6.27. The Morgan fingerprint density at radius 1 is 1.46 bits per heavy atom. The summed E-state index contributed by atoms with van der Waals surface area (Å²) in [5, 5.41) is 3.58. The number of pyridine rings is 1. The molecule has 0 aliphatic carbocycles. The van der Waals surface area contributed by atoms with Crippen LogP contribution in [0, 0.1) is 0 Å². The zero-order valence-corrected chi connectivity index (χ0v) is 8.15. The van der Waals surface area contributed by atoms with Crippen LogP contribution in [-0.4, -0.2) is 10.1 Å². The number of anilines is 1. The van der Waals surface area contributed by atoms with Gasteiger partial charge < -0.3 is 10.3 Å². The molecule has 0 amide bonds. The lowest BCUT2D eigenvalue weighted by molar-refractivity contribution is 0.434. The molecule has 5 heteroatoms. The average molecular weight is 240 g/mol. The second kappa shape index (κ2) is 3.18. The lowest BCUT2D eigenvalue weighted by atomic mass is 10.3. The van der Waals surface area contributed by atoms with Crippen LogP contribution in [0.3, 0.4) is 0 Å². The predicted molar refractivity (Wildman–Crippen MR) is 51.8 cm³/mol. The van der Waals surface area contributed by atoms with Crippen molar-refractivity contribution in [3.05, 3.63) is 28.9 Å². The molecule has 4 nitrogen and oxygen atoms in total. The summed E-state index contributed by atoms with van der Waals surface area (Å²) >= 11 is 3.35. The van der Waals surface area contributed by atoms with Gasteiger partial charge in [0.05, 0.1) is 0 Å². The maximum absolute atomic E-state index is 5.42. The van der Waals surface area contributed by atoms with Crippen LogP contribution < -0.4 is 5.73 Å². The zero-order valence-electron chi connectivity index (χ0n) is 6.57. The van der Waals surface area contributed by atoms with Crippen LogP contribution in [0.2, 0.25) is 0 Å². The molecule has 0 aliphatic heterocycles. The van der Waals surface area contributed by atoms with Gasteiger partial charge in [-0.2, -0.15) is 0 Å². The normalized spacial score (nSPS) is 10.2. The molecule has 0 unspecified atom stereocenters. The van der Waals surface area contributed by atoms with Crippen LogP contribution in [0.15, 0.2) is 33.4 Å². The zero-order chi connectivity index (χ0) is 9.26. The third-order valence-corrected chi connectivity index (χ3v) is 2.16.